The minimum atomic E-state index is -0.460. The van der Waals surface area contributed by atoms with Crippen LogP contribution in [0, 0.1) is 0 Å². The third-order valence-electron chi connectivity index (χ3n) is 12.0. The molecule has 0 unspecified atom stereocenters. The SMILES string of the molecule is CCCCc1c2c(c(CCCC)c3cc4c(CCCC)c5cc6c(CC)c(CC)c(CC)c(CC)c6cc5c(CCCC)c4cc13)C(=O)OC2=O. The lowest BCUT2D eigenvalue weighted by molar-refractivity contribution is 0.0443. The summed E-state index contributed by atoms with van der Waals surface area (Å²) in [6.45, 7) is 18.3. The third-order valence-corrected chi connectivity index (χ3v) is 12.0. The van der Waals surface area contributed by atoms with Gasteiger partial charge in [-0.3, -0.25) is 0 Å². The monoisotopic (exact) mass is 684 g/mol. The molecule has 0 saturated heterocycles. The first-order valence-electron chi connectivity index (χ1n) is 20.6. The highest BCUT2D eigenvalue weighted by atomic mass is 16.6. The number of fused-ring (bicyclic) bond motifs is 5. The van der Waals surface area contributed by atoms with Gasteiger partial charge < -0.3 is 4.74 Å². The zero-order valence-electron chi connectivity index (χ0n) is 32.8. The largest absolute Gasteiger partial charge is 0.386 e. The number of carbonyl (C=O) groups excluding carboxylic acids is 2. The standard InChI is InChI=1S/C48H60O3/c1-9-17-21-33-39-25-37-31(15-7)29(13-5)30(14-6)32(16-8)38(37)26-40(39)34(22-18-10-2)42-28-44-36(24-20-12-4)46-45(47(49)51-48(46)50)35(23-19-11-3)43(44)27-41(33)42/h25-28H,9-24H2,1-8H3. The summed E-state index contributed by atoms with van der Waals surface area (Å²) in [5, 5.41) is 10.7. The van der Waals surface area contributed by atoms with Crippen molar-refractivity contribution < 1.29 is 14.3 Å². The molecule has 3 nitrogen and oxygen atoms in total. The minimum Gasteiger partial charge on any atom is -0.386 e. The summed E-state index contributed by atoms with van der Waals surface area (Å²) in [7, 11) is 0. The Morgan fingerprint density at radius 1 is 0.353 bits per heavy atom. The average Bonchev–Trinajstić information content (AvgIpc) is 3.44. The minimum absolute atomic E-state index is 0.460. The number of hydrogen-bond acceptors (Lipinski definition) is 3. The molecule has 0 fully saturated rings. The van der Waals surface area contributed by atoms with Gasteiger partial charge in [-0.2, -0.15) is 0 Å². The number of benzene rings is 5. The van der Waals surface area contributed by atoms with Crippen molar-refractivity contribution in [2.24, 2.45) is 0 Å². The van der Waals surface area contributed by atoms with E-state index >= 15 is 0 Å². The summed E-state index contributed by atoms with van der Waals surface area (Å²) >= 11 is 0. The first-order valence-corrected chi connectivity index (χ1v) is 20.6. The van der Waals surface area contributed by atoms with Crippen LogP contribution in [0.2, 0.25) is 0 Å². The number of carbonyl (C=O) groups is 2. The van der Waals surface area contributed by atoms with E-state index in [0.717, 1.165) is 125 Å². The van der Waals surface area contributed by atoms with Gasteiger partial charge in [0.05, 0.1) is 11.1 Å². The fraction of sp³-hybridized carbons (Fsp3) is 0.500. The molecule has 270 valence electrons. The fourth-order valence-corrected chi connectivity index (χ4v) is 9.52. The van der Waals surface area contributed by atoms with E-state index in [4.69, 9.17) is 4.74 Å². The van der Waals surface area contributed by atoms with Gasteiger partial charge in [0.2, 0.25) is 0 Å². The van der Waals surface area contributed by atoms with Gasteiger partial charge in [-0.15, -0.1) is 0 Å². The second kappa shape index (κ2) is 15.9. The van der Waals surface area contributed by atoms with Crippen LogP contribution < -0.4 is 0 Å². The van der Waals surface area contributed by atoms with Crippen LogP contribution in [-0.4, -0.2) is 11.9 Å². The maximum atomic E-state index is 13.4. The Hall–Kier alpha value is -3.72. The molecule has 0 N–H and O–H groups in total. The zero-order chi connectivity index (χ0) is 36.4. The molecule has 1 heterocycles. The quantitative estimate of drug-likeness (QED) is 0.0590. The van der Waals surface area contributed by atoms with Crippen molar-refractivity contribution in [3.8, 4) is 0 Å². The van der Waals surface area contributed by atoms with Crippen molar-refractivity contribution >= 4 is 55.0 Å². The van der Waals surface area contributed by atoms with Crippen LogP contribution in [0.15, 0.2) is 24.3 Å². The number of unbranched alkanes of at least 4 members (excludes halogenated alkanes) is 4. The lowest BCUT2D eigenvalue weighted by Gasteiger charge is -2.24. The normalized spacial score (nSPS) is 13.0. The van der Waals surface area contributed by atoms with Gasteiger partial charge >= 0.3 is 11.9 Å². The zero-order valence-corrected chi connectivity index (χ0v) is 32.8. The molecule has 0 aromatic heterocycles. The Labute approximate surface area is 306 Å². The number of hydrogen-bond donors (Lipinski definition) is 0. The highest BCUT2D eigenvalue weighted by Gasteiger charge is 2.37. The molecule has 5 aromatic rings. The molecule has 1 aliphatic rings. The van der Waals surface area contributed by atoms with Crippen molar-refractivity contribution in [3.05, 3.63) is 79.9 Å². The maximum Gasteiger partial charge on any atom is 0.347 e. The highest BCUT2D eigenvalue weighted by Crippen LogP contribution is 2.45. The summed E-state index contributed by atoms with van der Waals surface area (Å²) in [6, 6.07) is 10.1. The van der Waals surface area contributed by atoms with E-state index < -0.39 is 11.9 Å². The lowest BCUT2D eigenvalue weighted by atomic mass is 9.79. The van der Waals surface area contributed by atoms with E-state index in [0.29, 0.717) is 11.1 Å². The third kappa shape index (κ3) is 6.27. The Bertz CT molecular complexity index is 2000. The number of ether oxygens (including phenoxy) is 1. The summed E-state index contributed by atoms with van der Waals surface area (Å²) in [4.78, 5) is 26.9. The number of aryl methyl sites for hydroxylation is 6. The predicted octanol–water partition coefficient (Wildman–Crippen LogP) is 13.2. The van der Waals surface area contributed by atoms with Gasteiger partial charge in [0.25, 0.3) is 0 Å². The second-order valence-corrected chi connectivity index (χ2v) is 15.0. The molecule has 0 saturated carbocycles. The van der Waals surface area contributed by atoms with E-state index in [2.05, 4.69) is 79.7 Å². The van der Waals surface area contributed by atoms with Crippen molar-refractivity contribution in [1.29, 1.82) is 0 Å². The van der Waals surface area contributed by atoms with Crippen LogP contribution >= 0.6 is 0 Å². The predicted molar refractivity (Wildman–Crippen MR) is 218 cm³/mol. The lowest BCUT2D eigenvalue weighted by Crippen LogP contribution is -2.08. The smallest absolute Gasteiger partial charge is 0.347 e. The molecular formula is C48H60O3. The van der Waals surface area contributed by atoms with E-state index in [1.54, 1.807) is 11.1 Å². The van der Waals surface area contributed by atoms with Gasteiger partial charge in [-0.1, -0.05) is 81.1 Å². The van der Waals surface area contributed by atoms with E-state index in [-0.39, 0.29) is 0 Å². The molecular weight excluding hydrogens is 625 g/mol. The van der Waals surface area contributed by atoms with Crippen molar-refractivity contribution in [3.63, 3.8) is 0 Å². The second-order valence-electron chi connectivity index (χ2n) is 15.0. The van der Waals surface area contributed by atoms with Crippen molar-refractivity contribution in [2.75, 3.05) is 0 Å². The first-order chi connectivity index (χ1) is 24.8. The van der Waals surface area contributed by atoms with Crippen molar-refractivity contribution in [2.45, 2.75) is 158 Å². The average molecular weight is 685 g/mol. The van der Waals surface area contributed by atoms with Crippen LogP contribution in [0.4, 0.5) is 0 Å². The Kier molecular flexibility index (Phi) is 11.5. The van der Waals surface area contributed by atoms with E-state index in [1.807, 2.05) is 0 Å². The number of rotatable bonds is 16. The highest BCUT2D eigenvalue weighted by molar-refractivity contribution is 6.22. The summed E-state index contributed by atoms with van der Waals surface area (Å²) in [6.07, 6.45) is 16.2. The van der Waals surface area contributed by atoms with Crippen LogP contribution in [0.1, 0.15) is 172 Å². The molecule has 0 aliphatic carbocycles. The first kappa shape index (κ1) is 37.1. The van der Waals surface area contributed by atoms with Crippen molar-refractivity contribution in [1.82, 2.24) is 0 Å². The van der Waals surface area contributed by atoms with Crippen LogP contribution in [0.25, 0.3) is 43.1 Å². The van der Waals surface area contributed by atoms with Crippen LogP contribution in [0.5, 0.6) is 0 Å². The van der Waals surface area contributed by atoms with E-state index in [9.17, 15) is 9.59 Å². The van der Waals surface area contributed by atoms with Gasteiger partial charge in [0.1, 0.15) is 0 Å². The van der Waals surface area contributed by atoms with Gasteiger partial charge in [-0.05, 0) is 189 Å². The summed E-state index contributed by atoms with van der Waals surface area (Å²) < 4.78 is 5.41. The van der Waals surface area contributed by atoms with Crippen LogP contribution in [-0.2, 0) is 56.1 Å². The Balaban J connectivity index is 1.87. The van der Waals surface area contributed by atoms with Crippen LogP contribution in [0.3, 0.4) is 0 Å². The molecule has 1 aliphatic heterocycles. The molecule has 0 atom stereocenters. The molecule has 3 heteroatoms. The van der Waals surface area contributed by atoms with Gasteiger partial charge in [0, 0.05) is 0 Å². The molecule has 51 heavy (non-hydrogen) atoms. The molecule has 6 rings (SSSR count). The molecule has 5 aromatic carbocycles. The van der Waals surface area contributed by atoms with Gasteiger partial charge in [0.15, 0.2) is 0 Å². The fourth-order valence-electron chi connectivity index (χ4n) is 9.52. The topological polar surface area (TPSA) is 43.4 Å². The summed E-state index contributed by atoms with van der Waals surface area (Å²) in [5.74, 6) is -0.921. The summed E-state index contributed by atoms with van der Waals surface area (Å²) in [5.41, 5.74) is 12.2. The Morgan fingerprint density at radius 3 is 0.882 bits per heavy atom. The molecule has 0 spiro atoms. The maximum absolute atomic E-state index is 13.4. The Morgan fingerprint density at radius 2 is 0.608 bits per heavy atom. The number of esters is 2. The molecule has 0 amide bonds. The van der Waals surface area contributed by atoms with Gasteiger partial charge in [-0.25, -0.2) is 9.59 Å². The molecule has 0 radical (unpaired) electrons. The molecule has 0 bridgehead atoms. The van der Waals surface area contributed by atoms with E-state index in [1.165, 1.54) is 54.6 Å². The number of cyclic esters (lactones) is 2.